The van der Waals surface area contributed by atoms with Crippen LogP contribution in [0.3, 0.4) is 0 Å². The van der Waals surface area contributed by atoms with E-state index in [1.165, 1.54) is 18.2 Å². The Morgan fingerprint density at radius 1 is 1.44 bits per heavy atom. The van der Waals surface area contributed by atoms with Gasteiger partial charge in [0, 0.05) is 0 Å². The summed E-state index contributed by atoms with van der Waals surface area (Å²) in [5.74, 6) is 0.261. The van der Waals surface area contributed by atoms with E-state index in [0.717, 1.165) is 12.8 Å². The van der Waals surface area contributed by atoms with Crippen LogP contribution in [0.25, 0.3) is 0 Å². The lowest BCUT2D eigenvalue weighted by Crippen LogP contribution is -2.05. The minimum Gasteiger partial charge on any atom is -0.490 e. The molecule has 88 valence electrons. The van der Waals surface area contributed by atoms with Crippen molar-refractivity contribution >= 4 is 0 Å². The molecule has 1 fully saturated rings. The van der Waals surface area contributed by atoms with E-state index in [2.05, 4.69) is 0 Å². The Morgan fingerprint density at radius 2 is 2.19 bits per heavy atom. The van der Waals surface area contributed by atoms with E-state index in [1.807, 2.05) is 0 Å². The molecular weight excluding hydrogens is 211 g/mol. The summed E-state index contributed by atoms with van der Waals surface area (Å²) in [6.45, 7) is 0.142. The van der Waals surface area contributed by atoms with E-state index in [4.69, 9.17) is 9.84 Å². The van der Waals surface area contributed by atoms with Crippen LogP contribution in [0.5, 0.6) is 5.75 Å². The Hall–Kier alpha value is -1.13. The zero-order valence-corrected chi connectivity index (χ0v) is 8.90. The number of benzene rings is 1. The maximum atomic E-state index is 13.3. The highest BCUT2D eigenvalue weighted by molar-refractivity contribution is 5.31. The number of hydrogen-bond acceptors (Lipinski definition) is 3. The predicted octanol–water partition coefficient (Wildman–Crippen LogP) is 1.64. The van der Waals surface area contributed by atoms with Crippen molar-refractivity contribution in [1.82, 2.24) is 0 Å². The number of aliphatic hydroxyl groups excluding tert-OH is 2. The third-order valence-corrected chi connectivity index (χ3v) is 2.68. The predicted molar refractivity (Wildman–Crippen MR) is 56.7 cm³/mol. The third kappa shape index (κ3) is 2.71. The molecule has 2 N–H and O–H groups in total. The van der Waals surface area contributed by atoms with Gasteiger partial charge in [0.15, 0.2) is 11.6 Å². The van der Waals surface area contributed by atoms with Gasteiger partial charge in [-0.25, -0.2) is 4.39 Å². The molecule has 0 aromatic heterocycles. The van der Waals surface area contributed by atoms with Gasteiger partial charge in [0.05, 0.1) is 13.2 Å². The molecule has 4 heteroatoms. The molecular formula is C12H15FO3. The first-order valence-electron chi connectivity index (χ1n) is 5.42. The standard InChI is InChI=1S/C12H15FO3/c13-10-4-3-9(11(15)6-14)5-12(10)16-7-8-1-2-8/h3-5,8,11,14-15H,1-2,6-7H2/t11-/m1/s1. The summed E-state index contributed by atoms with van der Waals surface area (Å²) in [6.07, 6.45) is 1.30. The molecule has 0 unspecified atom stereocenters. The lowest BCUT2D eigenvalue weighted by molar-refractivity contribution is 0.0952. The van der Waals surface area contributed by atoms with Gasteiger partial charge in [-0.2, -0.15) is 0 Å². The van der Waals surface area contributed by atoms with Crippen LogP contribution in [-0.4, -0.2) is 23.4 Å². The summed E-state index contributed by atoms with van der Waals surface area (Å²) in [7, 11) is 0. The first kappa shape index (κ1) is 11.4. The van der Waals surface area contributed by atoms with Crippen molar-refractivity contribution in [2.75, 3.05) is 13.2 Å². The van der Waals surface area contributed by atoms with E-state index >= 15 is 0 Å². The Balaban J connectivity index is 2.07. The second kappa shape index (κ2) is 4.80. The Bertz CT molecular complexity index is 363. The minimum absolute atomic E-state index is 0.150. The van der Waals surface area contributed by atoms with Crippen LogP contribution in [0.2, 0.25) is 0 Å². The van der Waals surface area contributed by atoms with Crippen molar-refractivity contribution < 1.29 is 19.3 Å². The van der Waals surface area contributed by atoms with Crippen LogP contribution in [-0.2, 0) is 0 Å². The number of ether oxygens (including phenoxy) is 1. The van der Waals surface area contributed by atoms with Crippen LogP contribution in [0.1, 0.15) is 24.5 Å². The van der Waals surface area contributed by atoms with Gasteiger partial charge in [0.2, 0.25) is 0 Å². The average Bonchev–Trinajstić information content (AvgIpc) is 3.11. The van der Waals surface area contributed by atoms with Gasteiger partial charge in [-0.1, -0.05) is 6.07 Å². The first-order valence-corrected chi connectivity index (χ1v) is 5.42. The molecule has 0 radical (unpaired) electrons. The maximum Gasteiger partial charge on any atom is 0.165 e. The molecule has 1 atom stereocenters. The fourth-order valence-electron chi connectivity index (χ4n) is 1.44. The van der Waals surface area contributed by atoms with Gasteiger partial charge in [0.25, 0.3) is 0 Å². The topological polar surface area (TPSA) is 49.7 Å². The SMILES string of the molecule is OC[C@@H](O)c1ccc(F)c(OCC2CC2)c1. The highest BCUT2D eigenvalue weighted by atomic mass is 19.1. The second-order valence-electron chi connectivity index (χ2n) is 4.14. The highest BCUT2D eigenvalue weighted by Gasteiger charge is 2.22. The minimum atomic E-state index is -0.983. The molecule has 1 aliphatic rings. The van der Waals surface area contributed by atoms with Gasteiger partial charge in [-0.3, -0.25) is 0 Å². The molecule has 1 aliphatic carbocycles. The fourth-order valence-corrected chi connectivity index (χ4v) is 1.44. The molecule has 0 saturated heterocycles. The number of hydrogen-bond donors (Lipinski definition) is 2. The highest BCUT2D eigenvalue weighted by Crippen LogP contribution is 2.30. The zero-order valence-electron chi connectivity index (χ0n) is 8.90. The molecule has 1 aromatic carbocycles. The van der Waals surface area contributed by atoms with Gasteiger partial charge < -0.3 is 14.9 Å². The summed E-state index contributed by atoms with van der Waals surface area (Å²) in [5.41, 5.74) is 0.467. The molecule has 2 rings (SSSR count). The maximum absolute atomic E-state index is 13.3. The van der Waals surface area contributed by atoms with Crippen molar-refractivity contribution in [3.63, 3.8) is 0 Å². The lowest BCUT2D eigenvalue weighted by Gasteiger charge is -2.11. The van der Waals surface area contributed by atoms with Gasteiger partial charge in [-0.05, 0) is 36.5 Å². The van der Waals surface area contributed by atoms with E-state index in [1.54, 1.807) is 0 Å². The first-order chi connectivity index (χ1) is 7.70. The second-order valence-corrected chi connectivity index (χ2v) is 4.14. The number of halogens is 1. The molecule has 1 saturated carbocycles. The summed E-state index contributed by atoms with van der Waals surface area (Å²) in [4.78, 5) is 0. The summed E-state index contributed by atoms with van der Waals surface area (Å²) >= 11 is 0. The van der Waals surface area contributed by atoms with E-state index in [0.29, 0.717) is 18.1 Å². The summed E-state index contributed by atoms with van der Waals surface area (Å²) in [5, 5.41) is 18.2. The van der Waals surface area contributed by atoms with Crippen LogP contribution >= 0.6 is 0 Å². The van der Waals surface area contributed by atoms with Crippen LogP contribution < -0.4 is 4.74 Å². The fraction of sp³-hybridized carbons (Fsp3) is 0.500. The van der Waals surface area contributed by atoms with Crippen molar-refractivity contribution in [3.8, 4) is 5.75 Å². The molecule has 1 aromatic rings. The Labute approximate surface area is 93.5 Å². The Kier molecular flexibility index (Phi) is 3.41. The van der Waals surface area contributed by atoms with Crippen molar-refractivity contribution in [1.29, 1.82) is 0 Å². The summed E-state index contributed by atoms with van der Waals surface area (Å²) in [6, 6.07) is 4.13. The quantitative estimate of drug-likeness (QED) is 0.802. The monoisotopic (exact) mass is 226 g/mol. The van der Waals surface area contributed by atoms with Gasteiger partial charge >= 0.3 is 0 Å². The van der Waals surface area contributed by atoms with E-state index < -0.39 is 11.9 Å². The molecule has 0 heterocycles. The zero-order chi connectivity index (χ0) is 11.5. The van der Waals surface area contributed by atoms with Gasteiger partial charge in [0.1, 0.15) is 6.10 Å². The molecule has 16 heavy (non-hydrogen) atoms. The molecule has 3 nitrogen and oxygen atoms in total. The number of rotatable bonds is 5. The van der Waals surface area contributed by atoms with Crippen molar-refractivity contribution in [3.05, 3.63) is 29.6 Å². The molecule has 0 amide bonds. The lowest BCUT2D eigenvalue weighted by atomic mass is 10.1. The average molecular weight is 226 g/mol. The van der Waals surface area contributed by atoms with E-state index in [-0.39, 0.29) is 12.4 Å². The van der Waals surface area contributed by atoms with Crippen LogP contribution in [0.15, 0.2) is 18.2 Å². The summed E-state index contributed by atoms with van der Waals surface area (Å²) < 4.78 is 18.7. The van der Waals surface area contributed by atoms with Crippen LogP contribution in [0.4, 0.5) is 4.39 Å². The van der Waals surface area contributed by atoms with Crippen molar-refractivity contribution in [2.45, 2.75) is 18.9 Å². The largest absolute Gasteiger partial charge is 0.490 e. The molecule has 0 bridgehead atoms. The van der Waals surface area contributed by atoms with E-state index in [9.17, 15) is 9.50 Å². The Morgan fingerprint density at radius 3 is 2.81 bits per heavy atom. The van der Waals surface area contributed by atoms with Crippen LogP contribution in [0, 0.1) is 11.7 Å². The number of aliphatic hydroxyl groups is 2. The normalized spacial score (nSPS) is 17.2. The third-order valence-electron chi connectivity index (χ3n) is 2.68. The smallest absolute Gasteiger partial charge is 0.165 e. The van der Waals surface area contributed by atoms with Crippen molar-refractivity contribution in [2.24, 2.45) is 5.92 Å². The molecule has 0 spiro atoms. The van der Waals surface area contributed by atoms with Gasteiger partial charge in [-0.15, -0.1) is 0 Å². The molecule has 0 aliphatic heterocycles.